The molecule has 3 nitrogen and oxygen atoms in total. The summed E-state index contributed by atoms with van der Waals surface area (Å²) >= 11 is 2.95. The molecule has 1 aromatic heterocycles. The molecule has 0 fully saturated rings. The van der Waals surface area contributed by atoms with Gasteiger partial charge >= 0.3 is 0 Å². The minimum absolute atomic E-state index is 0.0739. The molecule has 2 N–H and O–H groups in total. The Morgan fingerprint density at radius 3 is 2.53 bits per heavy atom. The van der Waals surface area contributed by atoms with Gasteiger partial charge in [-0.05, 0) is 22.0 Å². The van der Waals surface area contributed by atoms with Gasteiger partial charge in [-0.3, -0.25) is 0 Å². The molecule has 0 atom stereocenters. The lowest BCUT2D eigenvalue weighted by molar-refractivity contribution is 0.438. The van der Waals surface area contributed by atoms with Crippen molar-refractivity contribution >= 4 is 21.8 Å². The van der Waals surface area contributed by atoms with Crippen LogP contribution in [0.4, 0.5) is 14.7 Å². The summed E-state index contributed by atoms with van der Waals surface area (Å²) in [6.07, 6.45) is 0. The van der Waals surface area contributed by atoms with Crippen molar-refractivity contribution in [1.29, 1.82) is 0 Å². The van der Waals surface area contributed by atoms with E-state index < -0.39 is 11.6 Å². The van der Waals surface area contributed by atoms with E-state index in [0.29, 0.717) is 0 Å². The van der Waals surface area contributed by atoms with Crippen molar-refractivity contribution in [2.75, 3.05) is 5.73 Å². The van der Waals surface area contributed by atoms with E-state index in [2.05, 4.69) is 25.6 Å². The lowest BCUT2D eigenvalue weighted by Gasteiger charge is -2.00. The second-order valence-electron chi connectivity index (χ2n) is 2.86. The van der Waals surface area contributed by atoms with Crippen molar-refractivity contribution in [2.24, 2.45) is 0 Å². The van der Waals surface area contributed by atoms with E-state index in [4.69, 9.17) is 5.73 Å². The number of halogens is 3. The Labute approximate surface area is 92.0 Å². The maximum absolute atomic E-state index is 13.3. The van der Waals surface area contributed by atoms with E-state index in [-0.39, 0.29) is 21.6 Å². The molecule has 2 aromatic rings. The van der Waals surface area contributed by atoms with Crippen LogP contribution >= 0.6 is 15.9 Å². The number of nitrogens with zero attached hydrogens (tertiary/aromatic N) is 1. The Kier molecular flexibility index (Phi) is 2.44. The first-order valence-corrected chi connectivity index (χ1v) is 4.74. The van der Waals surface area contributed by atoms with Crippen LogP contribution in [0.15, 0.2) is 27.2 Å². The van der Waals surface area contributed by atoms with Crippen LogP contribution in [0, 0.1) is 11.6 Å². The number of aromatic nitrogens is 1. The SMILES string of the molecule is Nc1cc(-c2cc(Br)c(F)cc2F)no1. The van der Waals surface area contributed by atoms with Gasteiger partial charge in [0.2, 0.25) is 5.88 Å². The fourth-order valence-corrected chi connectivity index (χ4v) is 1.48. The molecule has 0 aliphatic heterocycles. The van der Waals surface area contributed by atoms with Gasteiger partial charge < -0.3 is 10.3 Å². The molecule has 0 unspecified atom stereocenters. The topological polar surface area (TPSA) is 52.0 Å². The van der Waals surface area contributed by atoms with Crippen molar-refractivity contribution < 1.29 is 13.3 Å². The van der Waals surface area contributed by atoms with Gasteiger partial charge in [-0.1, -0.05) is 5.16 Å². The van der Waals surface area contributed by atoms with E-state index >= 15 is 0 Å². The Morgan fingerprint density at radius 2 is 1.93 bits per heavy atom. The third-order valence-corrected chi connectivity index (χ3v) is 2.42. The van der Waals surface area contributed by atoms with Gasteiger partial charge in [0.25, 0.3) is 0 Å². The number of hydrogen-bond acceptors (Lipinski definition) is 3. The van der Waals surface area contributed by atoms with Crippen LogP contribution in [-0.2, 0) is 0 Å². The molecule has 0 saturated carbocycles. The molecule has 6 heteroatoms. The molecule has 0 saturated heterocycles. The number of benzene rings is 1. The van der Waals surface area contributed by atoms with E-state index in [1.165, 1.54) is 12.1 Å². The number of hydrogen-bond donors (Lipinski definition) is 1. The highest BCUT2D eigenvalue weighted by Gasteiger charge is 2.13. The first kappa shape index (κ1) is 10.1. The third kappa shape index (κ3) is 1.85. The summed E-state index contributed by atoms with van der Waals surface area (Å²) in [6, 6.07) is 3.41. The standard InChI is InChI=1S/C9H5BrF2N2O/c10-5-1-4(6(11)2-7(5)12)8-3-9(13)15-14-8/h1-3H,13H2. The molecule has 0 radical (unpaired) electrons. The second-order valence-corrected chi connectivity index (χ2v) is 3.72. The third-order valence-electron chi connectivity index (χ3n) is 1.81. The second kappa shape index (κ2) is 3.62. The molecule has 0 bridgehead atoms. The summed E-state index contributed by atoms with van der Waals surface area (Å²) in [5.74, 6) is -1.32. The lowest BCUT2D eigenvalue weighted by atomic mass is 10.1. The van der Waals surface area contributed by atoms with Crippen LogP contribution in [-0.4, -0.2) is 5.16 Å². The van der Waals surface area contributed by atoms with E-state index in [1.54, 1.807) is 0 Å². The molecular formula is C9H5BrF2N2O. The molecular weight excluding hydrogens is 270 g/mol. The number of anilines is 1. The van der Waals surface area contributed by atoms with Gasteiger partial charge in [0.1, 0.15) is 17.3 Å². The van der Waals surface area contributed by atoms with E-state index in [9.17, 15) is 8.78 Å². The van der Waals surface area contributed by atoms with Gasteiger partial charge in [0.15, 0.2) is 0 Å². The van der Waals surface area contributed by atoms with Crippen LogP contribution in [0.5, 0.6) is 0 Å². The zero-order valence-electron chi connectivity index (χ0n) is 7.30. The van der Waals surface area contributed by atoms with Gasteiger partial charge in [0, 0.05) is 17.7 Å². The first-order chi connectivity index (χ1) is 7.08. The monoisotopic (exact) mass is 274 g/mol. The Hall–Kier alpha value is -1.43. The zero-order valence-corrected chi connectivity index (χ0v) is 8.88. The molecule has 1 heterocycles. The molecule has 15 heavy (non-hydrogen) atoms. The normalized spacial score (nSPS) is 10.6. The molecule has 0 spiro atoms. The smallest absolute Gasteiger partial charge is 0.222 e. The molecule has 0 aliphatic carbocycles. The van der Waals surface area contributed by atoms with Crippen LogP contribution in [0.2, 0.25) is 0 Å². The van der Waals surface area contributed by atoms with Crippen molar-refractivity contribution in [3.05, 3.63) is 34.3 Å². The maximum Gasteiger partial charge on any atom is 0.222 e. The predicted molar refractivity (Wildman–Crippen MR) is 54.0 cm³/mol. The van der Waals surface area contributed by atoms with Crippen LogP contribution in [0.3, 0.4) is 0 Å². The molecule has 0 amide bonds. The zero-order chi connectivity index (χ0) is 11.0. The quantitative estimate of drug-likeness (QED) is 0.814. The van der Waals surface area contributed by atoms with Gasteiger partial charge in [-0.2, -0.15) is 0 Å². The fourth-order valence-electron chi connectivity index (χ4n) is 1.14. The number of nitrogens with two attached hydrogens (primary N) is 1. The Balaban J connectivity index is 2.58. The van der Waals surface area contributed by atoms with Crippen LogP contribution in [0.25, 0.3) is 11.3 Å². The minimum Gasteiger partial charge on any atom is -0.368 e. The number of nitrogen functional groups attached to an aromatic ring is 1. The van der Waals surface area contributed by atoms with Gasteiger partial charge in [0.05, 0.1) is 4.47 Å². The fraction of sp³-hybridized carbons (Fsp3) is 0. The Morgan fingerprint density at radius 1 is 1.20 bits per heavy atom. The summed E-state index contributed by atoms with van der Waals surface area (Å²) in [5, 5.41) is 3.53. The summed E-state index contributed by atoms with van der Waals surface area (Å²) < 4.78 is 31.0. The van der Waals surface area contributed by atoms with Crippen LogP contribution in [0.1, 0.15) is 0 Å². The lowest BCUT2D eigenvalue weighted by Crippen LogP contribution is -1.88. The molecule has 2 rings (SSSR count). The van der Waals surface area contributed by atoms with E-state index in [0.717, 1.165) is 6.07 Å². The highest BCUT2D eigenvalue weighted by atomic mass is 79.9. The summed E-state index contributed by atoms with van der Waals surface area (Å²) in [4.78, 5) is 0. The van der Waals surface area contributed by atoms with Crippen molar-refractivity contribution in [1.82, 2.24) is 5.16 Å². The highest BCUT2D eigenvalue weighted by molar-refractivity contribution is 9.10. The van der Waals surface area contributed by atoms with Crippen molar-refractivity contribution in [2.45, 2.75) is 0 Å². The summed E-state index contributed by atoms with van der Waals surface area (Å²) in [7, 11) is 0. The average Bonchev–Trinajstić information content (AvgIpc) is 2.58. The highest BCUT2D eigenvalue weighted by Crippen LogP contribution is 2.28. The van der Waals surface area contributed by atoms with Crippen LogP contribution < -0.4 is 5.73 Å². The Bertz CT molecular complexity index is 513. The number of rotatable bonds is 1. The summed E-state index contributed by atoms with van der Waals surface area (Å²) in [6.45, 7) is 0. The maximum atomic E-state index is 13.3. The van der Waals surface area contributed by atoms with Gasteiger partial charge in [-0.15, -0.1) is 0 Å². The molecule has 78 valence electrons. The van der Waals surface area contributed by atoms with Crippen molar-refractivity contribution in [3.8, 4) is 11.3 Å². The van der Waals surface area contributed by atoms with E-state index in [1.807, 2.05) is 0 Å². The largest absolute Gasteiger partial charge is 0.368 e. The first-order valence-electron chi connectivity index (χ1n) is 3.95. The predicted octanol–water partition coefficient (Wildman–Crippen LogP) is 2.96. The van der Waals surface area contributed by atoms with Crippen molar-refractivity contribution in [3.63, 3.8) is 0 Å². The molecule has 1 aromatic carbocycles. The molecule has 0 aliphatic rings. The average molecular weight is 275 g/mol. The summed E-state index contributed by atoms with van der Waals surface area (Å²) in [5.41, 5.74) is 5.65. The minimum atomic E-state index is -0.719. The van der Waals surface area contributed by atoms with Gasteiger partial charge in [-0.25, -0.2) is 8.78 Å².